The van der Waals surface area contributed by atoms with Gasteiger partial charge >= 0.3 is 0 Å². The van der Waals surface area contributed by atoms with Gasteiger partial charge < -0.3 is 0 Å². The van der Waals surface area contributed by atoms with Crippen molar-refractivity contribution in [1.82, 2.24) is 0 Å². The highest BCUT2D eigenvalue weighted by Crippen LogP contribution is 2.65. The van der Waals surface area contributed by atoms with Gasteiger partial charge in [0.2, 0.25) is 11.8 Å². The molecule has 0 unspecified atom stereocenters. The fourth-order valence-corrected chi connectivity index (χ4v) is 5.16. The third-order valence-corrected chi connectivity index (χ3v) is 6.23. The first-order valence-corrected chi connectivity index (χ1v) is 8.30. The van der Waals surface area contributed by atoms with E-state index in [1.54, 1.807) is 13.0 Å². The quantitative estimate of drug-likeness (QED) is 0.362. The summed E-state index contributed by atoms with van der Waals surface area (Å²) < 4.78 is 0. The molecule has 6 nitrogen and oxygen atoms in total. The van der Waals surface area contributed by atoms with Crippen molar-refractivity contribution in [2.24, 2.45) is 35.5 Å². The Morgan fingerprint density at radius 1 is 1.08 bits per heavy atom. The van der Waals surface area contributed by atoms with Crippen LogP contribution >= 0.6 is 0 Å². The first-order valence-electron chi connectivity index (χ1n) is 8.30. The number of hydrogen-bond acceptors (Lipinski definition) is 4. The van der Waals surface area contributed by atoms with E-state index in [1.807, 2.05) is 0 Å². The summed E-state index contributed by atoms with van der Waals surface area (Å²) in [6.07, 6.45) is 5.29. The number of nitro benzene ring substituents is 1. The van der Waals surface area contributed by atoms with Crippen LogP contribution in [-0.4, -0.2) is 16.7 Å². The third-order valence-electron chi connectivity index (χ3n) is 6.23. The molecule has 1 heterocycles. The van der Waals surface area contributed by atoms with Gasteiger partial charge in [-0.1, -0.05) is 18.2 Å². The van der Waals surface area contributed by atoms with Crippen LogP contribution in [-0.2, 0) is 9.59 Å². The Morgan fingerprint density at radius 2 is 1.67 bits per heavy atom. The highest BCUT2D eigenvalue weighted by atomic mass is 16.6. The maximum atomic E-state index is 13.0. The second kappa shape index (κ2) is 4.32. The zero-order chi connectivity index (χ0) is 16.7. The molecule has 1 aromatic rings. The summed E-state index contributed by atoms with van der Waals surface area (Å²) in [4.78, 5) is 38.0. The lowest BCUT2D eigenvalue weighted by molar-refractivity contribution is -0.384. The van der Waals surface area contributed by atoms with E-state index in [0.29, 0.717) is 11.8 Å². The smallest absolute Gasteiger partial charge is 0.274 e. The molecule has 0 spiro atoms. The van der Waals surface area contributed by atoms with Gasteiger partial charge in [0, 0.05) is 6.07 Å². The molecule has 2 amide bonds. The predicted molar refractivity (Wildman–Crippen MR) is 85.0 cm³/mol. The summed E-state index contributed by atoms with van der Waals surface area (Å²) in [6, 6.07) is 4.65. The molecule has 2 saturated carbocycles. The van der Waals surface area contributed by atoms with E-state index in [1.165, 1.54) is 12.1 Å². The van der Waals surface area contributed by atoms with Crippen LogP contribution in [0.3, 0.4) is 0 Å². The zero-order valence-corrected chi connectivity index (χ0v) is 13.1. The van der Waals surface area contributed by atoms with E-state index in [-0.39, 0.29) is 46.9 Å². The summed E-state index contributed by atoms with van der Waals surface area (Å²) in [5.74, 6) is 0.0847. The molecule has 0 N–H and O–H groups in total. The second-order valence-electron chi connectivity index (χ2n) is 7.42. The molecule has 6 rings (SSSR count). The van der Waals surface area contributed by atoms with Gasteiger partial charge in [0.1, 0.15) is 5.69 Å². The van der Waals surface area contributed by atoms with E-state index >= 15 is 0 Å². The second-order valence-corrected chi connectivity index (χ2v) is 7.42. The minimum atomic E-state index is -0.519. The molecule has 6 atom stereocenters. The predicted octanol–water partition coefficient (Wildman–Crippen LogP) is 2.46. The zero-order valence-electron chi connectivity index (χ0n) is 13.1. The van der Waals surface area contributed by atoms with Crippen molar-refractivity contribution in [1.29, 1.82) is 0 Å². The molecule has 122 valence electrons. The summed E-state index contributed by atoms with van der Waals surface area (Å²) in [5.41, 5.74) is 0.661. The molecule has 0 aromatic heterocycles. The van der Waals surface area contributed by atoms with Gasteiger partial charge in [-0.15, -0.1) is 0 Å². The lowest BCUT2D eigenvalue weighted by Crippen LogP contribution is -2.40. The number of aryl methyl sites for hydroxylation is 1. The van der Waals surface area contributed by atoms with E-state index in [0.717, 1.165) is 16.9 Å². The average molecular weight is 324 g/mol. The van der Waals surface area contributed by atoms with Crippen LogP contribution in [0.4, 0.5) is 11.4 Å². The topological polar surface area (TPSA) is 80.5 Å². The van der Waals surface area contributed by atoms with Crippen LogP contribution in [0.25, 0.3) is 0 Å². The lowest BCUT2D eigenvalue weighted by atomic mass is 9.63. The van der Waals surface area contributed by atoms with Crippen LogP contribution in [0.2, 0.25) is 0 Å². The van der Waals surface area contributed by atoms with Gasteiger partial charge in [-0.3, -0.25) is 19.7 Å². The monoisotopic (exact) mass is 324 g/mol. The molecular formula is C18H16N2O4. The Morgan fingerprint density at radius 3 is 2.21 bits per heavy atom. The SMILES string of the molecule is Cc1ccc(N2C(=O)[C@@H]3[C@H]4C=C[C@@H]([C@@H]5C[C@@H]45)[C@H]3C2=O)c([N+](=O)[O-])c1. The molecule has 1 saturated heterocycles. The van der Waals surface area contributed by atoms with E-state index < -0.39 is 4.92 Å². The number of nitro groups is 1. The van der Waals surface area contributed by atoms with E-state index in [4.69, 9.17) is 0 Å². The molecule has 24 heavy (non-hydrogen) atoms. The Balaban J connectivity index is 1.61. The summed E-state index contributed by atoms with van der Waals surface area (Å²) in [6.45, 7) is 1.75. The maximum absolute atomic E-state index is 13.0. The van der Waals surface area contributed by atoms with Crippen LogP contribution in [0.1, 0.15) is 12.0 Å². The Bertz CT molecular complexity index is 809. The van der Waals surface area contributed by atoms with Crippen LogP contribution in [0, 0.1) is 52.5 Å². The van der Waals surface area contributed by atoms with Gasteiger partial charge in [-0.05, 0) is 48.6 Å². The maximum Gasteiger partial charge on any atom is 0.293 e. The average Bonchev–Trinajstić information content (AvgIpc) is 3.33. The normalized spacial score (nSPS) is 38.3. The van der Waals surface area contributed by atoms with Crippen LogP contribution < -0.4 is 4.90 Å². The van der Waals surface area contributed by atoms with Crippen molar-refractivity contribution >= 4 is 23.2 Å². The molecule has 4 aliphatic carbocycles. The number of imide groups is 1. The molecule has 0 radical (unpaired) electrons. The number of allylic oxidation sites excluding steroid dienone is 2. The summed E-state index contributed by atoms with van der Waals surface area (Å²) >= 11 is 0. The van der Waals surface area contributed by atoms with Crippen LogP contribution in [0.15, 0.2) is 30.4 Å². The number of rotatable bonds is 2. The Kier molecular flexibility index (Phi) is 2.50. The largest absolute Gasteiger partial charge is 0.293 e. The molecule has 1 aromatic carbocycles. The number of carbonyl (C=O) groups excluding carboxylic acids is 2. The molecule has 6 heteroatoms. The van der Waals surface area contributed by atoms with Gasteiger partial charge in [0.05, 0.1) is 16.8 Å². The number of amides is 2. The standard InChI is InChI=1S/C18H16N2O4/c1-8-2-5-13(14(6-8)20(23)24)19-17(21)15-9-3-4-10(12-7-11(9)12)16(15)18(19)22/h2-6,9-12,15-16H,7H2,1H3/t9-,10-,11-,12-,15+,16+/m0/s1. The first kappa shape index (κ1) is 13.9. The molecule has 5 aliphatic rings. The van der Waals surface area contributed by atoms with E-state index in [9.17, 15) is 19.7 Å². The lowest BCUT2D eigenvalue weighted by Gasteiger charge is -2.37. The minimum Gasteiger partial charge on any atom is -0.274 e. The number of benzene rings is 1. The van der Waals surface area contributed by atoms with Gasteiger partial charge in [0.25, 0.3) is 5.69 Å². The highest BCUT2D eigenvalue weighted by Gasteiger charge is 2.67. The number of anilines is 1. The van der Waals surface area contributed by atoms with Crippen molar-refractivity contribution in [3.05, 3.63) is 46.0 Å². The first-order chi connectivity index (χ1) is 11.5. The van der Waals surface area contributed by atoms with Crippen molar-refractivity contribution in [2.45, 2.75) is 13.3 Å². The van der Waals surface area contributed by atoms with Gasteiger partial charge in [-0.2, -0.15) is 0 Å². The fourth-order valence-electron chi connectivity index (χ4n) is 5.16. The highest BCUT2D eigenvalue weighted by molar-refractivity contribution is 6.23. The van der Waals surface area contributed by atoms with Crippen LogP contribution in [0.5, 0.6) is 0 Å². The number of hydrogen-bond donors (Lipinski definition) is 0. The molecule has 3 fully saturated rings. The molecule has 1 aliphatic heterocycles. The van der Waals surface area contributed by atoms with Crippen molar-refractivity contribution in [3.63, 3.8) is 0 Å². The minimum absolute atomic E-state index is 0.114. The molecular weight excluding hydrogens is 308 g/mol. The van der Waals surface area contributed by atoms with Gasteiger partial charge in [0.15, 0.2) is 0 Å². The van der Waals surface area contributed by atoms with Crippen molar-refractivity contribution < 1.29 is 14.5 Å². The number of carbonyl (C=O) groups is 2. The number of nitrogens with zero attached hydrogens (tertiary/aromatic N) is 2. The van der Waals surface area contributed by atoms with Crippen molar-refractivity contribution in [3.8, 4) is 0 Å². The Hall–Kier alpha value is -2.50. The Labute approximate surface area is 138 Å². The summed E-state index contributed by atoms with van der Waals surface area (Å²) in [7, 11) is 0. The van der Waals surface area contributed by atoms with E-state index in [2.05, 4.69) is 12.2 Å². The summed E-state index contributed by atoms with van der Waals surface area (Å²) in [5, 5.41) is 11.4. The van der Waals surface area contributed by atoms with Gasteiger partial charge in [-0.25, -0.2) is 4.90 Å². The fraction of sp³-hybridized carbons (Fsp3) is 0.444. The third kappa shape index (κ3) is 1.56. The molecule has 2 bridgehead atoms. The van der Waals surface area contributed by atoms with Crippen molar-refractivity contribution in [2.75, 3.05) is 4.90 Å².